The lowest BCUT2D eigenvalue weighted by atomic mass is 9.94. The summed E-state index contributed by atoms with van der Waals surface area (Å²) in [5.74, 6) is -1.55. The van der Waals surface area contributed by atoms with E-state index in [1.165, 1.54) is 11.1 Å². The Hall–Kier alpha value is -3.63. The molecular formula is C29H39N3O7. The number of carboxylic acid groups (broad SMARTS) is 2. The van der Waals surface area contributed by atoms with Crippen molar-refractivity contribution in [3.63, 3.8) is 0 Å². The molecule has 2 N–H and O–H groups in total. The Morgan fingerprint density at radius 3 is 1.95 bits per heavy atom. The molecule has 2 aliphatic rings. The quantitative estimate of drug-likeness (QED) is 0.486. The average Bonchev–Trinajstić information content (AvgIpc) is 2.95. The molecule has 0 bridgehead atoms. The summed E-state index contributed by atoms with van der Waals surface area (Å²) in [7, 11) is 1.68. The van der Waals surface area contributed by atoms with E-state index in [9.17, 15) is 4.79 Å². The summed E-state index contributed by atoms with van der Waals surface area (Å²) in [6.45, 7) is 9.97. The molecule has 0 saturated carbocycles. The van der Waals surface area contributed by atoms with Crippen LogP contribution in [0.1, 0.15) is 30.9 Å². The van der Waals surface area contributed by atoms with Crippen LogP contribution < -0.4 is 9.47 Å². The van der Waals surface area contributed by atoms with Gasteiger partial charge in [-0.15, -0.1) is 0 Å². The zero-order chi connectivity index (χ0) is 28.2. The highest BCUT2D eigenvalue weighted by molar-refractivity contribution is 6.27. The van der Waals surface area contributed by atoms with Gasteiger partial charge in [0.1, 0.15) is 0 Å². The van der Waals surface area contributed by atoms with Gasteiger partial charge in [-0.3, -0.25) is 14.6 Å². The number of ether oxygens (including phenoxy) is 2. The van der Waals surface area contributed by atoms with Gasteiger partial charge in [-0.25, -0.2) is 9.59 Å². The van der Waals surface area contributed by atoms with Crippen molar-refractivity contribution in [3.8, 4) is 11.5 Å². The topological polar surface area (TPSA) is 120 Å². The summed E-state index contributed by atoms with van der Waals surface area (Å²) in [6.07, 6.45) is 1.88. The number of piperidine rings is 1. The Kier molecular flexibility index (Phi) is 11.6. The molecule has 2 aromatic carbocycles. The Morgan fingerprint density at radius 2 is 1.38 bits per heavy atom. The van der Waals surface area contributed by atoms with Crippen molar-refractivity contribution in [2.45, 2.75) is 32.9 Å². The highest BCUT2D eigenvalue weighted by Crippen LogP contribution is 2.29. The Balaban J connectivity index is 0.000000631. The van der Waals surface area contributed by atoms with Gasteiger partial charge in [0.25, 0.3) is 0 Å². The van der Waals surface area contributed by atoms with E-state index in [0.717, 1.165) is 76.7 Å². The van der Waals surface area contributed by atoms with Crippen molar-refractivity contribution in [1.29, 1.82) is 0 Å². The number of methoxy groups -OCH3 is 1. The third-order valence-electron chi connectivity index (χ3n) is 6.99. The maximum Gasteiger partial charge on any atom is 0.414 e. The lowest BCUT2D eigenvalue weighted by Gasteiger charge is -2.38. The highest BCUT2D eigenvalue weighted by atomic mass is 16.5. The Bertz CT molecular complexity index is 1070. The minimum Gasteiger partial charge on any atom is -0.493 e. The third-order valence-corrected chi connectivity index (χ3v) is 6.99. The molecule has 39 heavy (non-hydrogen) atoms. The molecule has 212 valence electrons. The lowest BCUT2D eigenvalue weighted by Crippen LogP contribution is -2.51. The molecule has 2 aromatic rings. The second-order valence-corrected chi connectivity index (χ2v) is 9.67. The number of rotatable bonds is 8. The fourth-order valence-corrected chi connectivity index (χ4v) is 4.91. The van der Waals surface area contributed by atoms with E-state index in [0.29, 0.717) is 12.5 Å². The van der Waals surface area contributed by atoms with Gasteiger partial charge in [0, 0.05) is 45.2 Å². The first-order valence-corrected chi connectivity index (χ1v) is 13.3. The molecule has 2 heterocycles. The molecule has 0 aromatic heterocycles. The molecule has 0 atom stereocenters. The van der Waals surface area contributed by atoms with Gasteiger partial charge in [-0.2, -0.15) is 0 Å². The minimum atomic E-state index is -1.82. The first kappa shape index (κ1) is 29.9. The van der Waals surface area contributed by atoms with E-state index < -0.39 is 11.9 Å². The van der Waals surface area contributed by atoms with E-state index in [4.69, 9.17) is 29.3 Å². The van der Waals surface area contributed by atoms with Crippen LogP contribution in [-0.4, -0.2) is 95.7 Å². The fourth-order valence-electron chi connectivity index (χ4n) is 4.91. The number of hydrogen-bond acceptors (Lipinski definition) is 7. The first-order chi connectivity index (χ1) is 18.8. The van der Waals surface area contributed by atoms with E-state index in [2.05, 4.69) is 57.2 Å². The van der Waals surface area contributed by atoms with Crippen LogP contribution in [0.25, 0.3) is 0 Å². The number of likely N-dealkylation sites (tertiary alicyclic amines) is 1. The number of carbonyl (C=O) groups is 3. The summed E-state index contributed by atoms with van der Waals surface area (Å²) in [6, 6.07) is 16.8. The number of carboxylic acids is 2. The lowest BCUT2D eigenvalue weighted by molar-refractivity contribution is -0.159. The van der Waals surface area contributed by atoms with Crippen LogP contribution in [0, 0.1) is 5.92 Å². The Labute approximate surface area is 229 Å². The molecule has 10 nitrogen and oxygen atoms in total. The fraction of sp³-hybridized carbons (Fsp3) is 0.483. The maximum absolute atomic E-state index is 13.1. The zero-order valence-electron chi connectivity index (χ0n) is 22.8. The number of amides is 1. The number of hydrogen-bond donors (Lipinski definition) is 2. The van der Waals surface area contributed by atoms with Crippen LogP contribution in [-0.2, 0) is 27.5 Å². The predicted molar refractivity (Wildman–Crippen MR) is 146 cm³/mol. The smallest absolute Gasteiger partial charge is 0.414 e. The monoisotopic (exact) mass is 541 g/mol. The SMILES string of the molecule is CCOc1ccc(CN2CCC(C(=O)N3CCN(Cc4ccccc4)CC3)CC2)cc1OC.O=C(O)C(=O)O. The van der Waals surface area contributed by atoms with Gasteiger partial charge in [-0.05, 0) is 56.1 Å². The molecule has 10 heteroatoms. The van der Waals surface area contributed by atoms with Crippen molar-refractivity contribution in [3.05, 3.63) is 59.7 Å². The van der Waals surface area contributed by atoms with Crippen LogP contribution in [0.4, 0.5) is 0 Å². The second-order valence-electron chi connectivity index (χ2n) is 9.67. The highest BCUT2D eigenvalue weighted by Gasteiger charge is 2.30. The van der Waals surface area contributed by atoms with Crippen LogP contribution in [0.15, 0.2) is 48.5 Å². The van der Waals surface area contributed by atoms with E-state index in [1.807, 2.05) is 13.0 Å². The molecular weight excluding hydrogens is 502 g/mol. The van der Waals surface area contributed by atoms with E-state index >= 15 is 0 Å². The molecule has 0 aliphatic carbocycles. The molecule has 2 saturated heterocycles. The normalized spacial score (nSPS) is 16.6. The van der Waals surface area contributed by atoms with Crippen LogP contribution in [0.3, 0.4) is 0 Å². The molecule has 2 fully saturated rings. The maximum atomic E-state index is 13.1. The summed E-state index contributed by atoms with van der Waals surface area (Å²) in [4.78, 5) is 38.3. The van der Waals surface area contributed by atoms with Gasteiger partial charge in [0.15, 0.2) is 11.5 Å². The largest absolute Gasteiger partial charge is 0.493 e. The zero-order valence-corrected chi connectivity index (χ0v) is 22.8. The molecule has 1 amide bonds. The standard InChI is InChI=1S/C27H37N3O3.C2H2O4/c1-3-33-25-10-9-23(19-26(25)32-2)21-28-13-11-24(12-14-28)27(31)30-17-15-29(16-18-30)20-22-7-5-4-6-8-22;3-1(4)2(5)6/h4-10,19,24H,3,11-18,20-21H2,1-2H3;(H,3,4)(H,5,6). The minimum absolute atomic E-state index is 0.164. The van der Waals surface area contributed by atoms with Gasteiger partial charge >= 0.3 is 11.9 Å². The van der Waals surface area contributed by atoms with Crippen molar-refractivity contribution < 1.29 is 34.1 Å². The van der Waals surface area contributed by atoms with Crippen LogP contribution in [0.5, 0.6) is 11.5 Å². The molecule has 0 unspecified atom stereocenters. The average molecular weight is 542 g/mol. The summed E-state index contributed by atoms with van der Waals surface area (Å²) >= 11 is 0. The van der Waals surface area contributed by atoms with Gasteiger partial charge < -0.3 is 24.6 Å². The summed E-state index contributed by atoms with van der Waals surface area (Å²) in [5.41, 5.74) is 2.56. The molecule has 0 radical (unpaired) electrons. The van der Waals surface area contributed by atoms with Crippen molar-refractivity contribution in [2.24, 2.45) is 5.92 Å². The van der Waals surface area contributed by atoms with E-state index in [-0.39, 0.29) is 5.92 Å². The number of benzene rings is 2. The van der Waals surface area contributed by atoms with Crippen molar-refractivity contribution in [1.82, 2.24) is 14.7 Å². The number of nitrogens with zero attached hydrogens (tertiary/aromatic N) is 3. The van der Waals surface area contributed by atoms with Gasteiger partial charge in [-0.1, -0.05) is 36.4 Å². The van der Waals surface area contributed by atoms with Crippen molar-refractivity contribution >= 4 is 17.8 Å². The van der Waals surface area contributed by atoms with Gasteiger partial charge in [0.2, 0.25) is 5.91 Å². The number of carbonyl (C=O) groups excluding carboxylic acids is 1. The van der Waals surface area contributed by atoms with Crippen LogP contribution in [0.2, 0.25) is 0 Å². The second kappa shape index (κ2) is 15.1. The number of aliphatic carboxylic acids is 2. The third kappa shape index (κ3) is 9.26. The number of piperazine rings is 1. The molecule has 0 spiro atoms. The summed E-state index contributed by atoms with van der Waals surface area (Å²) < 4.78 is 11.1. The predicted octanol–water partition coefficient (Wildman–Crippen LogP) is 2.81. The van der Waals surface area contributed by atoms with E-state index in [1.54, 1.807) is 7.11 Å². The summed E-state index contributed by atoms with van der Waals surface area (Å²) in [5, 5.41) is 14.8. The molecule has 4 rings (SSSR count). The van der Waals surface area contributed by atoms with Crippen LogP contribution >= 0.6 is 0 Å². The molecule has 2 aliphatic heterocycles. The van der Waals surface area contributed by atoms with Crippen molar-refractivity contribution in [2.75, 3.05) is 53.0 Å². The first-order valence-electron chi connectivity index (χ1n) is 13.3. The Morgan fingerprint density at radius 1 is 0.795 bits per heavy atom. The van der Waals surface area contributed by atoms with Gasteiger partial charge in [0.05, 0.1) is 13.7 Å².